The molecule has 0 radical (unpaired) electrons. The number of hydrogen-bond acceptors (Lipinski definition) is 4. The first-order valence-corrected chi connectivity index (χ1v) is 11.8. The van der Waals surface area contributed by atoms with E-state index in [1.165, 1.54) is 5.56 Å². The van der Waals surface area contributed by atoms with E-state index in [0.29, 0.717) is 0 Å². The molecule has 0 atom stereocenters. The van der Waals surface area contributed by atoms with Crippen molar-refractivity contribution in [3.05, 3.63) is 53.7 Å². The first-order chi connectivity index (χ1) is 14.6. The van der Waals surface area contributed by atoms with Crippen LogP contribution < -0.4 is 4.90 Å². The normalized spacial score (nSPS) is 7.68. The maximum atomic E-state index is 4.70. The molecule has 3 rings (SSSR count). The van der Waals surface area contributed by atoms with Gasteiger partial charge in [0.05, 0.1) is 0 Å². The molecule has 1 aromatic carbocycles. The zero-order valence-electron chi connectivity index (χ0n) is 21.1. The molecule has 0 aliphatic heterocycles. The maximum absolute atomic E-state index is 4.70. The molecule has 176 valence electrons. The van der Waals surface area contributed by atoms with Crippen LogP contribution in [0.3, 0.4) is 0 Å². The summed E-state index contributed by atoms with van der Waals surface area (Å²) in [6.07, 6.45) is 5.46. The van der Waals surface area contributed by atoms with E-state index >= 15 is 0 Å². The number of rotatable bonds is 3. The quantitative estimate of drug-likeness (QED) is 0.377. The van der Waals surface area contributed by atoms with Crippen molar-refractivity contribution in [1.82, 2.24) is 9.97 Å². The highest BCUT2D eigenvalue weighted by Crippen LogP contribution is 2.26. The number of thiazole rings is 1. The minimum atomic E-state index is 0. The second-order valence-electron chi connectivity index (χ2n) is 4.97. The Morgan fingerprint density at radius 1 is 0.839 bits per heavy atom. The van der Waals surface area contributed by atoms with E-state index in [-0.39, 0.29) is 7.43 Å². The number of hydrogen-bond donors (Lipinski definition) is 0. The Morgan fingerprint density at radius 2 is 1.32 bits per heavy atom. The molecule has 4 heteroatoms. The molecule has 31 heavy (non-hydrogen) atoms. The number of pyridine rings is 1. The summed E-state index contributed by atoms with van der Waals surface area (Å²) >= 11 is 1.63. The lowest BCUT2D eigenvalue weighted by Crippen LogP contribution is -2.07. The van der Waals surface area contributed by atoms with Gasteiger partial charge in [0, 0.05) is 26.2 Å². The van der Waals surface area contributed by atoms with Crippen molar-refractivity contribution in [1.29, 1.82) is 0 Å². The fourth-order valence-corrected chi connectivity index (χ4v) is 2.82. The molecule has 0 bridgehead atoms. The monoisotopic (exact) mass is 445 g/mol. The number of aromatic nitrogens is 2. The van der Waals surface area contributed by atoms with Gasteiger partial charge in [-0.3, -0.25) is 0 Å². The molecule has 2 aromatic heterocycles. The largest absolute Gasteiger partial charge is 0.354 e. The third-order valence-electron chi connectivity index (χ3n) is 2.91. The summed E-state index contributed by atoms with van der Waals surface area (Å²) in [5, 5.41) is 0.999. The Hall–Kier alpha value is -2.38. The van der Waals surface area contributed by atoms with E-state index in [2.05, 4.69) is 53.7 Å². The van der Waals surface area contributed by atoms with Gasteiger partial charge < -0.3 is 4.90 Å². The molecule has 0 aliphatic carbocycles. The van der Waals surface area contributed by atoms with Crippen molar-refractivity contribution in [2.45, 2.75) is 76.2 Å². The average Bonchev–Trinajstić information content (AvgIpc) is 3.24. The van der Waals surface area contributed by atoms with E-state index in [1.807, 2.05) is 80.5 Å². The molecule has 0 saturated heterocycles. The predicted octanol–water partition coefficient (Wildman–Crippen LogP) is 8.73. The van der Waals surface area contributed by atoms with E-state index < -0.39 is 0 Å². The van der Waals surface area contributed by atoms with Gasteiger partial charge in [-0.25, -0.2) is 9.97 Å². The van der Waals surface area contributed by atoms with Crippen molar-refractivity contribution in [2.24, 2.45) is 0 Å². The number of nitrogens with zero attached hydrogens (tertiary/aromatic N) is 3. The van der Waals surface area contributed by atoms with Crippen molar-refractivity contribution in [3.63, 3.8) is 0 Å². The lowest BCUT2D eigenvalue weighted by molar-refractivity contribution is 1.10. The van der Waals surface area contributed by atoms with Crippen LogP contribution >= 0.6 is 11.3 Å². The molecule has 0 aliphatic rings. The third kappa shape index (κ3) is 15.1. The van der Waals surface area contributed by atoms with Crippen LogP contribution in [0.4, 0.5) is 5.13 Å². The molecule has 2 heterocycles. The minimum Gasteiger partial charge on any atom is -0.354 e. The second-order valence-corrected chi connectivity index (χ2v) is 5.92. The number of terminal acetylenes is 1. The molecule has 0 spiro atoms. The number of benzene rings is 1. The molecule has 0 saturated carbocycles. The highest BCUT2D eigenvalue weighted by Gasteiger charge is 2.07. The Balaban J connectivity index is -0.000000265. The second kappa shape index (κ2) is 25.7. The highest BCUT2D eigenvalue weighted by molar-refractivity contribution is 7.21. The van der Waals surface area contributed by atoms with Crippen LogP contribution in [0.1, 0.15) is 81.0 Å². The van der Waals surface area contributed by atoms with E-state index in [4.69, 9.17) is 4.98 Å². The van der Waals surface area contributed by atoms with Gasteiger partial charge in [-0.15, -0.1) is 12.3 Å². The molecule has 3 aromatic rings. The smallest absolute Gasteiger partial charge is 0.187 e. The van der Waals surface area contributed by atoms with Crippen LogP contribution in [0.25, 0.3) is 10.3 Å². The summed E-state index contributed by atoms with van der Waals surface area (Å²) in [5.74, 6) is 2.25. The third-order valence-corrected chi connectivity index (χ3v) is 4.05. The first-order valence-electron chi connectivity index (χ1n) is 11.0. The van der Waals surface area contributed by atoms with Gasteiger partial charge in [-0.05, 0) is 24.6 Å². The van der Waals surface area contributed by atoms with E-state index in [9.17, 15) is 0 Å². The average molecular weight is 446 g/mol. The van der Waals surface area contributed by atoms with Crippen molar-refractivity contribution in [3.8, 4) is 12.3 Å². The highest BCUT2D eigenvalue weighted by atomic mass is 32.1. The van der Waals surface area contributed by atoms with Gasteiger partial charge in [0.1, 0.15) is 10.3 Å². The van der Waals surface area contributed by atoms with Crippen LogP contribution in [0.5, 0.6) is 0 Å². The Bertz CT molecular complexity index is 772. The Labute approximate surface area is 198 Å². The van der Waals surface area contributed by atoms with Crippen molar-refractivity contribution >= 4 is 26.8 Å². The first kappa shape index (κ1) is 36.0. The molecular formula is C27H47N3S. The van der Waals surface area contributed by atoms with Gasteiger partial charge in [0.15, 0.2) is 5.13 Å². The van der Waals surface area contributed by atoms with E-state index in [0.717, 1.165) is 27.6 Å². The summed E-state index contributed by atoms with van der Waals surface area (Å²) in [6.45, 7) is 17.7. The topological polar surface area (TPSA) is 29.0 Å². The molecule has 0 fully saturated rings. The maximum Gasteiger partial charge on any atom is 0.187 e. The summed E-state index contributed by atoms with van der Waals surface area (Å²) < 4.78 is 0. The van der Waals surface area contributed by atoms with Crippen molar-refractivity contribution < 1.29 is 0 Å². The standard InChI is InChI=1S/C15H15N3S.C3H4.4C2H6.CH4/c1-18(2)15-17-13-9-8-12(16-14(13)19-15)10-11-6-4-3-5-7-11;1-3-2;4*1-2;/h3-9H,10H2,1-2H3;1H,2H3;4*1-2H3;1H4. The lowest BCUT2D eigenvalue weighted by Gasteiger charge is -2.04. The van der Waals surface area contributed by atoms with Gasteiger partial charge >= 0.3 is 0 Å². The summed E-state index contributed by atoms with van der Waals surface area (Å²) in [4.78, 5) is 12.3. The zero-order chi connectivity index (χ0) is 23.9. The van der Waals surface area contributed by atoms with E-state index in [1.54, 1.807) is 18.3 Å². The molecule has 0 amide bonds. The van der Waals surface area contributed by atoms with Gasteiger partial charge in [-0.1, -0.05) is 104 Å². The summed E-state index contributed by atoms with van der Waals surface area (Å²) in [7, 11) is 4.01. The summed E-state index contributed by atoms with van der Waals surface area (Å²) in [6, 6.07) is 14.5. The summed E-state index contributed by atoms with van der Waals surface area (Å²) in [5.41, 5.74) is 3.35. The molecule has 0 N–H and O–H groups in total. The van der Waals surface area contributed by atoms with Crippen LogP contribution in [-0.2, 0) is 6.42 Å². The SMILES string of the molecule is C.C#CC.CC.CC.CC.CC.CN(C)c1nc2ccc(Cc3ccccc3)nc2s1. The van der Waals surface area contributed by atoms with Gasteiger partial charge in [0.2, 0.25) is 0 Å². The van der Waals surface area contributed by atoms with Crippen LogP contribution in [0.2, 0.25) is 0 Å². The molecule has 3 nitrogen and oxygen atoms in total. The van der Waals surface area contributed by atoms with Crippen LogP contribution in [-0.4, -0.2) is 24.1 Å². The lowest BCUT2D eigenvalue weighted by atomic mass is 10.1. The fraction of sp³-hybridized carbons (Fsp3) is 0.481. The molecular weight excluding hydrogens is 398 g/mol. The van der Waals surface area contributed by atoms with Crippen LogP contribution in [0, 0.1) is 12.3 Å². The van der Waals surface area contributed by atoms with Gasteiger partial charge in [-0.2, -0.15) is 0 Å². The Morgan fingerprint density at radius 3 is 1.77 bits per heavy atom. The zero-order valence-corrected chi connectivity index (χ0v) is 21.9. The Kier molecular flexibility index (Phi) is 29.8. The minimum absolute atomic E-state index is 0. The predicted molar refractivity (Wildman–Crippen MR) is 148 cm³/mol. The van der Waals surface area contributed by atoms with Crippen LogP contribution in [0.15, 0.2) is 42.5 Å². The van der Waals surface area contributed by atoms with Crippen molar-refractivity contribution in [2.75, 3.05) is 19.0 Å². The fourth-order valence-electron chi connectivity index (χ4n) is 1.94. The number of anilines is 1. The molecule has 0 unspecified atom stereocenters. The van der Waals surface area contributed by atoms with Gasteiger partial charge in [0.25, 0.3) is 0 Å². The number of fused-ring (bicyclic) bond motifs is 1.